The van der Waals surface area contributed by atoms with E-state index in [1.807, 2.05) is 23.1 Å². The molecule has 162 valence electrons. The molecule has 1 aromatic heterocycles. The van der Waals surface area contributed by atoms with Gasteiger partial charge in [0.05, 0.1) is 12.1 Å². The van der Waals surface area contributed by atoms with Gasteiger partial charge in [-0.15, -0.1) is 0 Å². The number of aryl methyl sites for hydroxylation is 1. The quantitative estimate of drug-likeness (QED) is 0.612. The molecule has 0 spiro atoms. The topological polar surface area (TPSA) is 67.9 Å². The van der Waals surface area contributed by atoms with E-state index < -0.39 is 0 Å². The molecular formula is C24H27N3O4. The smallest absolute Gasteiger partial charge is 0.419 e. The molecule has 0 bridgehead atoms. The zero-order chi connectivity index (χ0) is 21.2. The molecule has 0 saturated carbocycles. The van der Waals surface area contributed by atoms with Gasteiger partial charge >= 0.3 is 5.76 Å². The summed E-state index contributed by atoms with van der Waals surface area (Å²) in [4.78, 5) is 29.1. The minimum absolute atomic E-state index is 0.162. The van der Waals surface area contributed by atoms with Crippen LogP contribution in [-0.4, -0.2) is 53.1 Å². The Balaban J connectivity index is 1.09. The van der Waals surface area contributed by atoms with Gasteiger partial charge in [-0.3, -0.25) is 14.3 Å². The molecule has 0 atom stereocenters. The lowest BCUT2D eigenvalue weighted by Crippen LogP contribution is -2.48. The first-order chi connectivity index (χ1) is 15.2. The molecule has 2 aromatic carbocycles. The zero-order valence-electron chi connectivity index (χ0n) is 17.6. The predicted molar refractivity (Wildman–Crippen MR) is 117 cm³/mol. The first-order valence-corrected chi connectivity index (χ1v) is 11.0. The van der Waals surface area contributed by atoms with Crippen molar-refractivity contribution in [2.75, 3.05) is 32.8 Å². The lowest BCUT2D eigenvalue weighted by atomic mass is 10.1. The molecule has 7 heteroatoms. The Hall–Kier alpha value is -3.06. The van der Waals surface area contributed by atoms with Crippen LogP contribution in [0.25, 0.3) is 11.1 Å². The van der Waals surface area contributed by atoms with E-state index in [0.717, 1.165) is 57.0 Å². The van der Waals surface area contributed by atoms with Crippen LogP contribution in [0.15, 0.2) is 51.7 Å². The minimum atomic E-state index is -0.361. The Kier molecular flexibility index (Phi) is 5.51. The Labute approximate surface area is 180 Å². The molecular weight excluding hydrogens is 394 g/mol. The SMILES string of the molecule is O=C(CCCn1c(=O)oc2ccccc21)N1CCN(Cc2ccc3c(c2)CCO3)CC1. The Morgan fingerprint density at radius 3 is 2.74 bits per heavy atom. The number of carbonyl (C=O) groups excluding carboxylic acids is 1. The summed E-state index contributed by atoms with van der Waals surface area (Å²) in [5.74, 6) is 0.820. The number of fused-ring (bicyclic) bond motifs is 2. The van der Waals surface area contributed by atoms with E-state index in [-0.39, 0.29) is 11.7 Å². The maximum absolute atomic E-state index is 12.7. The van der Waals surface area contributed by atoms with Gasteiger partial charge in [0, 0.05) is 52.1 Å². The van der Waals surface area contributed by atoms with Crippen LogP contribution in [0.5, 0.6) is 5.75 Å². The average molecular weight is 421 g/mol. The van der Waals surface area contributed by atoms with E-state index in [0.29, 0.717) is 25.0 Å². The summed E-state index contributed by atoms with van der Waals surface area (Å²) in [6.45, 7) is 5.44. The molecule has 3 aromatic rings. The number of hydrogen-bond acceptors (Lipinski definition) is 5. The van der Waals surface area contributed by atoms with Crippen molar-refractivity contribution < 1.29 is 13.9 Å². The number of carbonyl (C=O) groups is 1. The first-order valence-electron chi connectivity index (χ1n) is 11.0. The molecule has 0 N–H and O–H groups in total. The van der Waals surface area contributed by atoms with Crippen molar-refractivity contribution in [1.82, 2.24) is 14.4 Å². The number of hydrogen-bond donors (Lipinski definition) is 0. The third-order valence-corrected chi connectivity index (χ3v) is 6.23. The molecule has 1 saturated heterocycles. The monoisotopic (exact) mass is 421 g/mol. The van der Waals surface area contributed by atoms with Crippen LogP contribution in [0.4, 0.5) is 0 Å². The largest absolute Gasteiger partial charge is 0.493 e. The van der Waals surface area contributed by atoms with Crippen LogP contribution >= 0.6 is 0 Å². The molecule has 0 aliphatic carbocycles. The van der Waals surface area contributed by atoms with E-state index >= 15 is 0 Å². The summed E-state index contributed by atoms with van der Waals surface area (Å²) in [5.41, 5.74) is 3.98. The fourth-order valence-corrected chi connectivity index (χ4v) is 4.52. The Morgan fingerprint density at radius 1 is 1.03 bits per heavy atom. The summed E-state index contributed by atoms with van der Waals surface area (Å²) in [6, 6.07) is 13.9. The third-order valence-electron chi connectivity index (χ3n) is 6.23. The van der Waals surface area contributed by atoms with Crippen LogP contribution in [0.2, 0.25) is 0 Å². The molecule has 31 heavy (non-hydrogen) atoms. The van der Waals surface area contributed by atoms with Crippen molar-refractivity contribution in [3.63, 3.8) is 0 Å². The predicted octanol–water partition coefficient (Wildman–Crippen LogP) is 2.65. The molecule has 2 aliphatic heterocycles. The maximum atomic E-state index is 12.7. The van der Waals surface area contributed by atoms with Crippen molar-refractivity contribution in [2.24, 2.45) is 0 Å². The summed E-state index contributed by atoms with van der Waals surface area (Å²) in [5, 5.41) is 0. The number of nitrogens with zero attached hydrogens (tertiary/aromatic N) is 3. The molecule has 3 heterocycles. The van der Waals surface area contributed by atoms with Gasteiger partial charge in [0.1, 0.15) is 5.75 Å². The van der Waals surface area contributed by atoms with Crippen LogP contribution in [0.1, 0.15) is 24.0 Å². The summed E-state index contributed by atoms with van der Waals surface area (Å²) >= 11 is 0. The number of rotatable bonds is 6. The maximum Gasteiger partial charge on any atom is 0.419 e. The lowest BCUT2D eigenvalue weighted by Gasteiger charge is -2.35. The van der Waals surface area contributed by atoms with E-state index in [9.17, 15) is 9.59 Å². The molecule has 0 radical (unpaired) electrons. The number of amides is 1. The second-order valence-corrected chi connectivity index (χ2v) is 8.29. The lowest BCUT2D eigenvalue weighted by molar-refractivity contribution is -0.133. The number of ether oxygens (including phenoxy) is 1. The van der Waals surface area contributed by atoms with Gasteiger partial charge in [0.15, 0.2) is 5.58 Å². The number of piperazine rings is 1. The molecule has 7 nitrogen and oxygen atoms in total. The van der Waals surface area contributed by atoms with Crippen LogP contribution in [0.3, 0.4) is 0 Å². The van der Waals surface area contributed by atoms with Gasteiger partial charge in [0.2, 0.25) is 5.91 Å². The highest BCUT2D eigenvalue weighted by Gasteiger charge is 2.22. The van der Waals surface area contributed by atoms with Crippen molar-refractivity contribution in [2.45, 2.75) is 32.4 Å². The number of aromatic nitrogens is 1. The summed E-state index contributed by atoms with van der Waals surface area (Å²) in [6.07, 6.45) is 2.06. The van der Waals surface area contributed by atoms with Gasteiger partial charge in [-0.05, 0) is 35.7 Å². The Morgan fingerprint density at radius 2 is 1.87 bits per heavy atom. The number of oxazole rings is 1. The number of para-hydroxylation sites is 2. The normalized spacial score (nSPS) is 16.5. The van der Waals surface area contributed by atoms with Gasteiger partial charge in [-0.2, -0.15) is 0 Å². The van der Waals surface area contributed by atoms with Gasteiger partial charge < -0.3 is 14.1 Å². The standard InChI is InChI=1S/C24H27N3O4/c28-23(6-3-10-27-20-4-1-2-5-22(20)31-24(27)29)26-13-11-25(12-14-26)17-18-7-8-21-19(16-18)9-15-30-21/h1-2,4-5,7-8,16H,3,6,9-15,17H2. The van der Waals surface area contributed by atoms with Crippen molar-refractivity contribution in [3.8, 4) is 5.75 Å². The molecule has 2 aliphatic rings. The average Bonchev–Trinajstić information content (AvgIpc) is 3.38. The molecule has 1 amide bonds. The van der Waals surface area contributed by atoms with Crippen LogP contribution in [0, 0.1) is 0 Å². The van der Waals surface area contributed by atoms with Gasteiger partial charge in [0.25, 0.3) is 0 Å². The van der Waals surface area contributed by atoms with E-state index in [1.165, 1.54) is 11.1 Å². The van der Waals surface area contributed by atoms with Crippen molar-refractivity contribution in [1.29, 1.82) is 0 Å². The van der Waals surface area contributed by atoms with Crippen molar-refractivity contribution in [3.05, 3.63) is 64.1 Å². The van der Waals surface area contributed by atoms with E-state index in [1.54, 1.807) is 10.6 Å². The van der Waals surface area contributed by atoms with Crippen LogP contribution in [-0.2, 0) is 24.3 Å². The summed E-state index contributed by atoms with van der Waals surface area (Å²) < 4.78 is 12.5. The highest BCUT2D eigenvalue weighted by atomic mass is 16.5. The summed E-state index contributed by atoms with van der Waals surface area (Å²) in [7, 11) is 0. The second-order valence-electron chi connectivity index (χ2n) is 8.29. The first kappa shape index (κ1) is 19.9. The highest BCUT2D eigenvalue weighted by molar-refractivity contribution is 5.76. The fraction of sp³-hybridized carbons (Fsp3) is 0.417. The van der Waals surface area contributed by atoms with Gasteiger partial charge in [-0.25, -0.2) is 4.79 Å². The minimum Gasteiger partial charge on any atom is -0.493 e. The Bertz CT molecular complexity index is 1140. The van der Waals surface area contributed by atoms with Crippen LogP contribution < -0.4 is 10.5 Å². The fourth-order valence-electron chi connectivity index (χ4n) is 4.52. The number of benzene rings is 2. The van der Waals surface area contributed by atoms with Crippen molar-refractivity contribution >= 4 is 17.0 Å². The zero-order valence-corrected chi connectivity index (χ0v) is 17.6. The van der Waals surface area contributed by atoms with E-state index in [2.05, 4.69) is 23.1 Å². The molecule has 0 unspecified atom stereocenters. The third kappa shape index (κ3) is 4.23. The molecule has 5 rings (SSSR count). The molecule has 1 fully saturated rings. The van der Waals surface area contributed by atoms with E-state index in [4.69, 9.17) is 9.15 Å². The second kappa shape index (κ2) is 8.59. The van der Waals surface area contributed by atoms with Gasteiger partial charge in [-0.1, -0.05) is 24.3 Å². The highest BCUT2D eigenvalue weighted by Crippen LogP contribution is 2.26.